The zero-order valence-electron chi connectivity index (χ0n) is 10.3. The third kappa shape index (κ3) is 5.31. The molecular weight excluding hydrogens is 247 g/mol. The standard InChI is InChI=1S/C11H16F3N3O/c1-8-9(6-15-2)7-16-10(17-8)18-5-3-4-11(12,13)14/h7,15H,3-6H2,1-2H3. The molecule has 0 aromatic carbocycles. The Morgan fingerprint density at radius 3 is 2.67 bits per heavy atom. The Morgan fingerprint density at radius 1 is 1.39 bits per heavy atom. The van der Waals surface area contributed by atoms with Gasteiger partial charge in [0.15, 0.2) is 0 Å². The number of aryl methyl sites for hydroxylation is 1. The van der Waals surface area contributed by atoms with Crippen molar-refractivity contribution in [1.29, 1.82) is 0 Å². The molecule has 102 valence electrons. The Balaban J connectivity index is 2.41. The Bertz CT molecular complexity index is 382. The molecule has 0 atom stereocenters. The van der Waals surface area contributed by atoms with Crippen LogP contribution in [-0.4, -0.2) is 29.8 Å². The van der Waals surface area contributed by atoms with Crippen molar-refractivity contribution in [3.63, 3.8) is 0 Å². The van der Waals surface area contributed by atoms with E-state index in [1.54, 1.807) is 20.2 Å². The van der Waals surface area contributed by atoms with E-state index in [1.807, 2.05) is 0 Å². The van der Waals surface area contributed by atoms with Gasteiger partial charge in [0.25, 0.3) is 0 Å². The normalized spacial score (nSPS) is 11.6. The molecule has 0 radical (unpaired) electrons. The zero-order chi connectivity index (χ0) is 13.6. The molecule has 0 aliphatic carbocycles. The molecule has 0 saturated heterocycles. The summed E-state index contributed by atoms with van der Waals surface area (Å²) in [6.07, 6.45) is -3.48. The minimum absolute atomic E-state index is 0.0374. The van der Waals surface area contributed by atoms with Gasteiger partial charge in [0.05, 0.1) is 6.61 Å². The summed E-state index contributed by atoms with van der Waals surface area (Å²) in [5.41, 5.74) is 1.69. The third-order valence-electron chi connectivity index (χ3n) is 2.26. The van der Waals surface area contributed by atoms with Crippen LogP contribution < -0.4 is 10.1 Å². The van der Waals surface area contributed by atoms with Crippen LogP contribution in [0, 0.1) is 6.92 Å². The maximum atomic E-state index is 11.9. The lowest BCUT2D eigenvalue weighted by molar-refractivity contribution is -0.136. The van der Waals surface area contributed by atoms with Crippen LogP contribution in [0.1, 0.15) is 24.1 Å². The number of rotatable bonds is 6. The average molecular weight is 263 g/mol. The van der Waals surface area contributed by atoms with Crippen LogP contribution in [0.2, 0.25) is 0 Å². The first kappa shape index (κ1) is 14.7. The van der Waals surface area contributed by atoms with Crippen LogP contribution in [0.25, 0.3) is 0 Å². The topological polar surface area (TPSA) is 47.0 Å². The summed E-state index contributed by atoms with van der Waals surface area (Å²) in [7, 11) is 1.81. The van der Waals surface area contributed by atoms with Gasteiger partial charge in [-0.25, -0.2) is 9.97 Å². The van der Waals surface area contributed by atoms with Crippen molar-refractivity contribution in [2.45, 2.75) is 32.5 Å². The number of hydrogen-bond acceptors (Lipinski definition) is 4. The van der Waals surface area contributed by atoms with Gasteiger partial charge in [-0.1, -0.05) is 0 Å². The lowest BCUT2D eigenvalue weighted by Crippen LogP contribution is -2.12. The molecule has 1 aromatic heterocycles. The molecule has 18 heavy (non-hydrogen) atoms. The number of aromatic nitrogens is 2. The van der Waals surface area contributed by atoms with E-state index in [2.05, 4.69) is 15.3 Å². The van der Waals surface area contributed by atoms with E-state index in [9.17, 15) is 13.2 Å². The molecule has 7 heteroatoms. The number of nitrogens with zero attached hydrogens (tertiary/aromatic N) is 2. The first-order chi connectivity index (χ1) is 8.42. The van der Waals surface area contributed by atoms with Crippen molar-refractivity contribution in [2.24, 2.45) is 0 Å². The Morgan fingerprint density at radius 2 is 2.11 bits per heavy atom. The van der Waals surface area contributed by atoms with Gasteiger partial charge in [-0.2, -0.15) is 13.2 Å². The van der Waals surface area contributed by atoms with Crippen LogP contribution in [0.4, 0.5) is 13.2 Å². The van der Waals surface area contributed by atoms with Gasteiger partial charge >= 0.3 is 12.2 Å². The summed E-state index contributed by atoms with van der Waals surface area (Å²) in [6.45, 7) is 2.40. The Hall–Kier alpha value is -1.37. The lowest BCUT2D eigenvalue weighted by Gasteiger charge is -2.08. The second-order valence-corrected chi connectivity index (χ2v) is 3.86. The summed E-state index contributed by atoms with van der Waals surface area (Å²) in [5.74, 6) is 0. The van der Waals surface area contributed by atoms with Crippen molar-refractivity contribution >= 4 is 0 Å². The maximum Gasteiger partial charge on any atom is 0.389 e. The Labute approximate surface area is 104 Å². The summed E-state index contributed by atoms with van der Waals surface area (Å²) in [4.78, 5) is 8.01. The summed E-state index contributed by atoms with van der Waals surface area (Å²) < 4.78 is 40.7. The van der Waals surface area contributed by atoms with E-state index >= 15 is 0 Å². The van der Waals surface area contributed by atoms with Crippen LogP contribution in [0.15, 0.2) is 6.20 Å². The number of ether oxygens (including phenoxy) is 1. The highest BCUT2D eigenvalue weighted by atomic mass is 19.4. The van der Waals surface area contributed by atoms with E-state index in [4.69, 9.17) is 4.74 Å². The molecule has 1 rings (SSSR count). The number of halogens is 3. The van der Waals surface area contributed by atoms with E-state index in [0.717, 1.165) is 11.3 Å². The molecule has 4 nitrogen and oxygen atoms in total. The van der Waals surface area contributed by atoms with E-state index in [-0.39, 0.29) is 19.0 Å². The highest BCUT2D eigenvalue weighted by Gasteiger charge is 2.26. The maximum absolute atomic E-state index is 11.9. The first-order valence-corrected chi connectivity index (χ1v) is 5.59. The quantitative estimate of drug-likeness (QED) is 0.799. The molecule has 0 unspecified atom stereocenters. The van der Waals surface area contributed by atoms with Crippen molar-refractivity contribution < 1.29 is 17.9 Å². The van der Waals surface area contributed by atoms with Crippen molar-refractivity contribution in [3.05, 3.63) is 17.5 Å². The van der Waals surface area contributed by atoms with E-state index in [1.165, 1.54) is 0 Å². The number of hydrogen-bond donors (Lipinski definition) is 1. The van der Waals surface area contributed by atoms with Crippen molar-refractivity contribution in [1.82, 2.24) is 15.3 Å². The van der Waals surface area contributed by atoms with Crippen molar-refractivity contribution in [2.75, 3.05) is 13.7 Å². The third-order valence-corrected chi connectivity index (χ3v) is 2.26. The predicted molar refractivity (Wildman–Crippen MR) is 60.3 cm³/mol. The monoisotopic (exact) mass is 263 g/mol. The SMILES string of the molecule is CNCc1cnc(OCCCC(F)(F)F)nc1C. The molecule has 1 aromatic rings. The average Bonchev–Trinajstić information content (AvgIpc) is 2.27. The first-order valence-electron chi connectivity index (χ1n) is 5.59. The highest BCUT2D eigenvalue weighted by molar-refractivity contribution is 5.17. The Kier molecular flexibility index (Phi) is 5.33. The molecule has 0 spiro atoms. The minimum atomic E-state index is -4.14. The minimum Gasteiger partial charge on any atom is -0.463 e. The fourth-order valence-electron chi connectivity index (χ4n) is 1.34. The summed E-state index contributed by atoms with van der Waals surface area (Å²) in [6, 6.07) is 0.120. The van der Waals surface area contributed by atoms with E-state index < -0.39 is 12.6 Å². The van der Waals surface area contributed by atoms with Crippen LogP contribution in [0.3, 0.4) is 0 Å². The van der Waals surface area contributed by atoms with Gasteiger partial charge < -0.3 is 10.1 Å². The second kappa shape index (κ2) is 6.53. The molecule has 1 heterocycles. The molecule has 0 aliphatic heterocycles. The molecule has 0 amide bonds. The fourth-order valence-corrected chi connectivity index (χ4v) is 1.34. The molecule has 0 fully saturated rings. The molecule has 0 saturated carbocycles. The summed E-state index contributed by atoms with van der Waals surface area (Å²) in [5, 5.41) is 2.97. The highest BCUT2D eigenvalue weighted by Crippen LogP contribution is 2.21. The van der Waals surface area contributed by atoms with Gasteiger partial charge in [0, 0.05) is 30.4 Å². The van der Waals surface area contributed by atoms with E-state index in [0.29, 0.717) is 6.54 Å². The summed E-state index contributed by atoms with van der Waals surface area (Å²) >= 11 is 0. The zero-order valence-corrected chi connectivity index (χ0v) is 10.3. The van der Waals surface area contributed by atoms with Gasteiger partial charge in [0.1, 0.15) is 0 Å². The van der Waals surface area contributed by atoms with Gasteiger partial charge in [-0.15, -0.1) is 0 Å². The molecular formula is C11H16F3N3O. The fraction of sp³-hybridized carbons (Fsp3) is 0.636. The van der Waals surface area contributed by atoms with Crippen LogP contribution >= 0.6 is 0 Å². The molecule has 0 aliphatic rings. The second-order valence-electron chi connectivity index (χ2n) is 3.86. The van der Waals surface area contributed by atoms with Gasteiger partial charge in [-0.05, 0) is 20.4 Å². The molecule has 0 bridgehead atoms. The van der Waals surface area contributed by atoms with Crippen LogP contribution in [0.5, 0.6) is 6.01 Å². The predicted octanol–water partition coefficient (Wildman–Crippen LogP) is 2.23. The lowest BCUT2D eigenvalue weighted by atomic mass is 10.2. The number of nitrogens with one attached hydrogen (secondary N) is 1. The van der Waals surface area contributed by atoms with Gasteiger partial charge in [-0.3, -0.25) is 0 Å². The van der Waals surface area contributed by atoms with Gasteiger partial charge in [0.2, 0.25) is 0 Å². The van der Waals surface area contributed by atoms with Crippen molar-refractivity contribution in [3.8, 4) is 6.01 Å². The largest absolute Gasteiger partial charge is 0.463 e. The van der Waals surface area contributed by atoms with Crippen LogP contribution in [-0.2, 0) is 6.54 Å². The smallest absolute Gasteiger partial charge is 0.389 e. The molecule has 1 N–H and O–H groups in total. The number of alkyl halides is 3.